The maximum absolute atomic E-state index is 8.67. The first-order valence-electron chi connectivity index (χ1n) is 4.70. The molecule has 0 rings (SSSR count). The van der Waals surface area contributed by atoms with E-state index >= 15 is 0 Å². The molecule has 74 valence electrons. The molecule has 2 heteroatoms. The second kappa shape index (κ2) is 4.83. The zero-order valence-electron chi connectivity index (χ0n) is 8.92. The molecular weight excluding hydrogens is 152 g/mol. The Balaban J connectivity index is 4.19. The monoisotopic (exact) mass is 174 g/mol. The summed E-state index contributed by atoms with van der Waals surface area (Å²) < 4.78 is 5.65. The molecule has 12 heavy (non-hydrogen) atoms. The number of aliphatic hydroxyl groups excluding tert-OH is 1. The van der Waals surface area contributed by atoms with E-state index < -0.39 is 0 Å². The summed E-state index contributed by atoms with van der Waals surface area (Å²) in [5, 5.41) is 8.67. The van der Waals surface area contributed by atoms with Crippen molar-refractivity contribution >= 4 is 0 Å². The molecule has 0 fully saturated rings. The van der Waals surface area contributed by atoms with E-state index in [1.165, 1.54) is 0 Å². The molecule has 0 radical (unpaired) electrons. The van der Waals surface area contributed by atoms with Crippen LogP contribution in [0.15, 0.2) is 0 Å². The summed E-state index contributed by atoms with van der Waals surface area (Å²) in [6.45, 7) is 11.3. The lowest BCUT2D eigenvalue weighted by Crippen LogP contribution is -2.41. The Morgan fingerprint density at radius 1 is 1.17 bits per heavy atom. The summed E-state index contributed by atoms with van der Waals surface area (Å²) in [5.41, 5.74) is -0.108. The van der Waals surface area contributed by atoms with Crippen molar-refractivity contribution in [2.75, 3.05) is 13.2 Å². The molecule has 0 spiro atoms. The molecule has 0 unspecified atom stereocenters. The summed E-state index contributed by atoms with van der Waals surface area (Å²) >= 11 is 0. The standard InChI is InChI=1S/C10H22O2/c1-8(2)10(5,9(3)4)12-7-6-11/h8-9,11H,6-7H2,1-5H3. The van der Waals surface area contributed by atoms with Crippen molar-refractivity contribution in [2.45, 2.75) is 40.2 Å². The van der Waals surface area contributed by atoms with Gasteiger partial charge in [-0.15, -0.1) is 0 Å². The van der Waals surface area contributed by atoms with E-state index in [1.807, 2.05) is 0 Å². The third-order valence-electron chi connectivity index (χ3n) is 2.80. The molecule has 0 heterocycles. The Hall–Kier alpha value is -0.0800. The van der Waals surface area contributed by atoms with Crippen molar-refractivity contribution in [3.63, 3.8) is 0 Å². The second-order valence-corrected chi connectivity index (χ2v) is 4.07. The van der Waals surface area contributed by atoms with Crippen molar-refractivity contribution in [3.05, 3.63) is 0 Å². The SMILES string of the molecule is CC(C)C(C)(OCCO)C(C)C. The zero-order valence-corrected chi connectivity index (χ0v) is 8.92. The quantitative estimate of drug-likeness (QED) is 0.691. The van der Waals surface area contributed by atoms with Crippen LogP contribution in [0.25, 0.3) is 0 Å². The van der Waals surface area contributed by atoms with Crippen LogP contribution in [0.1, 0.15) is 34.6 Å². The highest BCUT2D eigenvalue weighted by molar-refractivity contribution is 4.82. The topological polar surface area (TPSA) is 29.5 Å². The molecule has 0 aliphatic carbocycles. The fraction of sp³-hybridized carbons (Fsp3) is 1.00. The average molecular weight is 174 g/mol. The smallest absolute Gasteiger partial charge is 0.0705 e. The molecule has 0 amide bonds. The van der Waals surface area contributed by atoms with E-state index in [-0.39, 0.29) is 12.2 Å². The second-order valence-electron chi connectivity index (χ2n) is 4.07. The van der Waals surface area contributed by atoms with Crippen LogP contribution in [0.4, 0.5) is 0 Å². The van der Waals surface area contributed by atoms with Crippen LogP contribution < -0.4 is 0 Å². The Bertz CT molecular complexity index is 111. The van der Waals surface area contributed by atoms with E-state index in [1.54, 1.807) is 0 Å². The lowest BCUT2D eigenvalue weighted by atomic mass is 9.82. The molecule has 0 aliphatic heterocycles. The van der Waals surface area contributed by atoms with E-state index in [0.29, 0.717) is 18.4 Å². The lowest BCUT2D eigenvalue weighted by molar-refractivity contribution is -0.104. The molecule has 0 aromatic carbocycles. The van der Waals surface area contributed by atoms with Gasteiger partial charge in [0.15, 0.2) is 0 Å². The molecule has 0 saturated carbocycles. The van der Waals surface area contributed by atoms with Gasteiger partial charge in [0.25, 0.3) is 0 Å². The Labute approximate surface area is 75.9 Å². The third kappa shape index (κ3) is 2.76. The number of rotatable bonds is 5. The minimum Gasteiger partial charge on any atom is -0.394 e. The number of hydrogen-bond donors (Lipinski definition) is 1. The third-order valence-corrected chi connectivity index (χ3v) is 2.80. The maximum Gasteiger partial charge on any atom is 0.0705 e. The van der Waals surface area contributed by atoms with Gasteiger partial charge in [0.05, 0.1) is 18.8 Å². The molecule has 0 atom stereocenters. The van der Waals surface area contributed by atoms with E-state index in [4.69, 9.17) is 9.84 Å². The fourth-order valence-electron chi connectivity index (χ4n) is 1.27. The van der Waals surface area contributed by atoms with Gasteiger partial charge in [0.2, 0.25) is 0 Å². The molecule has 0 aromatic rings. The first kappa shape index (κ1) is 11.9. The van der Waals surface area contributed by atoms with E-state index in [0.717, 1.165) is 0 Å². The number of aliphatic hydroxyl groups is 1. The van der Waals surface area contributed by atoms with Gasteiger partial charge in [0.1, 0.15) is 0 Å². The molecule has 0 aliphatic rings. The fourth-order valence-corrected chi connectivity index (χ4v) is 1.27. The van der Waals surface area contributed by atoms with Crippen molar-refractivity contribution < 1.29 is 9.84 Å². The number of ether oxygens (including phenoxy) is 1. The van der Waals surface area contributed by atoms with Gasteiger partial charge in [-0.3, -0.25) is 0 Å². The summed E-state index contributed by atoms with van der Waals surface area (Å²) in [5.74, 6) is 0.952. The van der Waals surface area contributed by atoms with E-state index in [9.17, 15) is 0 Å². The molecule has 1 N–H and O–H groups in total. The lowest BCUT2D eigenvalue weighted by Gasteiger charge is -2.37. The van der Waals surface area contributed by atoms with Gasteiger partial charge in [-0.25, -0.2) is 0 Å². The first-order chi connectivity index (χ1) is 5.45. The Morgan fingerprint density at radius 3 is 1.83 bits per heavy atom. The molecule has 2 nitrogen and oxygen atoms in total. The van der Waals surface area contributed by atoms with Crippen LogP contribution in [0.2, 0.25) is 0 Å². The maximum atomic E-state index is 8.67. The predicted octanol–water partition coefficient (Wildman–Crippen LogP) is 2.07. The highest BCUT2D eigenvalue weighted by Gasteiger charge is 2.32. The van der Waals surface area contributed by atoms with Crippen molar-refractivity contribution in [1.82, 2.24) is 0 Å². The Kier molecular flexibility index (Phi) is 4.80. The van der Waals surface area contributed by atoms with Crippen LogP contribution in [0, 0.1) is 11.8 Å². The van der Waals surface area contributed by atoms with Gasteiger partial charge in [-0.05, 0) is 18.8 Å². The van der Waals surface area contributed by atoms with Crippen LogP contribution in [0.3, 0.4) is 0 Å². The Morgan fingerprint density at radius 2 is 1.58 bits per heavy atom. The first-order valence-corrected chi connectivity index (χ1v) is 4.70. The summed E-state index contributed by atoms with van der Waals surface area (Å²) in [4.78, 5) is 0. The molecule has 0 saturated heterocycles. The molecule has 0 aromatic heterocycles. The van der Waals surface area contributed by atoms with Crippen molar-refractivity contribution in [2.24, 2.45) is 11.8 Å². The summed E-state index contributed by atoms with van der Waals surface area (Å²) in [6, 6.07) is 0. The summed E-state index contributed by atoms with van der Waals surface area (Å²) in [7, 11) is 0. The molecular formula is C10H22O2. The largest absolute Gasteiger partial charge is 0.394 e. The van der Waals surface area contributed by atoms with Crippen molar-refractivity contribution in [3.8, 4) is 0 Å². The zero-order chi connectivity index (χ0) is 9.78. The van der Waals surface area contributed by atoms with E-state index in [2.05, 4.69) is 34.6 Å². The van der Waals surface area contributed by atoms with Crippen LogP contribution in [0.5, 0.6) is 0 Å². The van der Waals surface area contributed by atoms with Gasteiger partial charge in [0, 0.05) is 0 Å². The average Bonchev–Trinajstić information content (AvgIpc) is 1.99. The normalized spacial score (nSPS) is 13.0. The predicted molar refractivity (Wildman–Crippen MR) is 51.1 cm³/mol. The highest BCUT2D eigenvalue weighted by Crippen LogP contribution is 2.29. The van der Waals surface area contributed by atoms with Gasteiger partial charge < -0.3 is 9.84 Å². The van der Waals surface area contributed by atoms with Gasteiger partial charge in [-0.2, -0.15) is 0 Å². The van der Waals surface area contributed by atoms with Crippen molar-refractivity contribution in [1.29, 1.82) is 0 Å². The van der Waals surface area contributed by atoms with Gasteiger partial charge in [-0.1, -0.05) is 27.7 Å². The van der Waals surface area contributed by atoms with Gasteiger partial charge >= 0.3 is 0 Å². The summed E-state index contributed by atoms with van der Waals surface area (Å²) in [6.07, 6.45) is 0. The van der Waals surface area contributed by atoms with Crippen LogP contribution in [-0.2, 0) is 4.74 Å². The highest BCUT2D eigenvalue weighted by atomic mass is 16.5. The minimum atomic E-state index is -0.108. The molecule has 0 bridgehead atoms. The number of hydrogen-bond acceptors (Lipinski definition) is 2. The minimum absolute atomic E-state index is 0.106. The van der Waals surface area contributed by atoms with Crippen LogP contribution >= 0.6 is 0 Å². The van der Waals surface area contributed by atoms with Crippen LogP contribution in [-0.4, -0.2) is 23.9 Å².